The van der Waals surface area contributed by atoms with Crippen LogP contribution in [0.2, 0.25) is 0 Å². The molecule has 2 heteroatoms. The van der Waals surface area contributed by atoms with Crippen LogP contribution in [0.3, 0.4) is 0 Å². The number of hydrogen-bond acceptors (Lipinski definition) is 2. The van der Waals surface area contributed by atoms with Crippen LogP contribution < -0.4 is 4.90 Å². The molecule has 0 aliphatic heterocycles. The lowest BCUT2D eigenvalue weighted by atomic mass is 9.70. The summed E-state index contributed by atoms with van der Waals surface area (Å²) in [5.74, 6) is 0. The second-order valence-electron chi connectivity index (χ2n) is 13.5. The number of anilines is 3. The fourth-order valence-electron chi connectivity index (χ4n) is 8.05. The Morgan fingerprint density at radius 3 is 1.48 bits per heavy atom. The van der Waals surface area contributed by atoms with E-state index in [2.05, 4.69) is 0 Å². The first-order valence-electron chi connectivity index (χ1n) is 36.6. The average molecular weight is 813 g/mol. The zero-order valence-corrected chi connectivity index (χ0v) is 30.4. The van der Waals surface area contributed by atoms with Crippen molar-refractivity contribution >= 4 is 49.8 Å². The molecule has 0 radical (unpaired) electrons. The van der Waals surface area contributed by atoms with Crippen LogP contribution >= 0.6 is 0 Å². The lowest BCUT2D eigenvalue weighted by Crippen LogP contribution is -2.26. The van der Waals surface area contributed by atoms with Crippen molar-refractivity contribution in [1.29, 1.82) is 0 Å². The van der Waals surface area contributed by atoms with Crippen LogP contribution in [0, 0.1) is 0 Å². The zero-order chi connectivity index (χ0) is 72.3. The summed E-state index contributed by atoms with van der Waals surface area (Å²) in [6, 6.07) is -40.4. The van der Waals surface area contributed by atoms with Crippen molar-refractivity contribution in [1.82, 2.24) is 0 Å². The Hall–Kier alpha value is -7.94. The number of furan rings is 1. The van der Waals surface area contributed by atoms with E-state index < -0.39 is 346 Å². The van der Waals surface area contributed by atoms with Gasteiger partial charge in [-0.2, -0.15) is 0 Å². The Morgan fingerprint density at radius 1 is 0.328 bits per heavy atom. The summed E-state index contributed by atoms with van der Waals surface area (Å²) in [6.07, 6.45) is 0. The van der Waals surface area contributed by atoms with Crippen molar-refractivity contribution in [2.24, 2.45) is 0 Å². The first-order valence-corrected chi connectivity index (χ1v) is 18.1. The van der Waals surface area contributed by atoms with Gasteiger partial charge in [0.05, 0.1) is 56.1 Å². The highest BCUT2D eigenvalue weighted by Crippen LogP contribution is 2.63. The maximum absolute atomic E-state index is 10.8. The minimum Gasteiger partial charge on any atom is -0.455 e. The molecule has 61 heavy (non-hydrogen) atoms. The number of hydrogen-bond donors (Lipinski definition) is 0. The third-order valence-corrected chi connectivity index (χ3v) is 10.5. The van der Waals surface area contributed by atoms with Gasteiger partial charge in [0, 0.05) is 39.3 Å². The standard InChI is InChI=1S/C59H37NO/c1-3-15-38(16-4-1)39-27-29-41(30-28-39)60(43-32-34-49-52-37-51(40-17-5-2-6-18-40)44-19-7-8-23-50(44)58(52)61-57(49)36-43)42-31-33-48-47-22-11-14-26-55(47)59(56(48)35-42)53-24-12-9-20-45(53)46-21-10-13-25-54(46)59/h1-37H/i1D,2D,3D,4D,5D,6D,7D,8D,9D,10D,11D,12D,13D,14D,15D,16D,17D,18D,19D,20D,21D,22D,23D,24D,25D,26D,27D,28D,29D,30D,31D,32D,33D,34D,35D,36D,37D. The molecule has 0 fully saturated rings. The summed E-state index contributed by atoms with van der Waals surface area (Å²) in [5.41, 5.74) is -18.5. The Balaban J connectivity index is 1.28. The Bertz CT molecular complexity index is 5550. The predicted molar refractivity (Wildman–Crippen MR) is 253 cm³/mol. The van der Waals surface area contributed by atoms with Crippen molar-refractivity contribution in [3.63, 3.8) is 0 Å². The van der Waals surface area contributed by atoms with Gasteiger partial charge in [-0.05, 0) is 114 Å². The molecule has 0 amide bonds. The maximum atomic E-state index is 10.8. The van der Waals surface area contributed by atoms with Crippen LogP contribution in [-0.4, -0.2) is 0 Å². The second kappa shape index (κ2) is 13.0. The minimum atomic E-state index is -3.10. The molecule has 0 N–H and O–H groups in total. The van der Waals surface area contributed by atoms with Gasteiger partial charge >= 0.3 is 0 Å². The molecule has 2 aliphatic carbocycles. The normalized spacial score (nSPS) is 21.5. The van der Waals surface area contributed by atoms with Gasteiger partial charge in [-0.25, -0.2) is 0 Å². The van der Waals surface area contributed by atoms with Crippen molar-refractivity contribution < 1.29 is 55.1 Å². The molecular weight excluding hydrogens is 739 g/mol. The Kier molecular flexibility index (Phi) is 2.95. The molecule has 11 aromatic rings. The molecule has 1 spiro atoms. The Labute approximate surface area is 406 Å². The summed E-state index contributed by atoms with van der Waals surface area (Å²) >= 11 is 0. The topological polar surface area (TPSA) is 16.4 Å². The summed E-state index contributed by atoms with van der Waals surface area (Å²) < 4.78 is 350. The highest BCUT2D eigenvalue weighted by atomic mass is 16.3. The van der Waals surface area contributed by atoms with Gasteiger partial charge in [0.15, 0.2) is 0 Å². The SMILES string of the molecule is [2H]c1c([2H])c([2H])c(-c2c([2H])c([2H])c(N(c3c([2H])c([2H])c4c(c3[2H])C3(c5c([2H])c([2H])c([2H])c([2H])c5-c5c([2H])c([2H])c([2H])c([2H])c53)c3c([2H])c([2H])c([2H])c([2H])c3-4)c3c([2H])c([2H])c4c(oc5c6c([2H])c([2H])c([2H])c([2H])c6c(-c6c([2H])c([2H])c([2H])c([2H])c6[2H])c([2H])c54)c3[2H])c([2H])c2[2H])c([2H])c1[2H]. The summed E-state index contributed by atoms with van der Waals surface area (Å²) in [4.78, 5) is 0.290. The van der Waals surface area contributed by atoms with E-state index in [1.165, 1.54) is 0 Å². The molecule has 284 valence electrons. The lowest BCUT2D eigenvalue weighted by Gasteiger charge is -2.32. The first kappa shape index (κ1) is 13.8. The molecule has 0 saturated carbocycles. The van der Waals surface area contributed by atoms with Crippen LogP contribution in [0.15, 0.2) is 228 Å². The molecule has 1 heterocycles. The Morgan fingerprint density at radius 2 is 0.820 bits per heavy atom. The highest BCUT2D eigenvalue weighted by molar-refractivity contribution is 6.19. The number of benzene rings is 10. The summed E-state index contributed by atoms with van der Waals surface area (Å²) in [7, 11) is 0. The quantitative estimate of drug-likeness (QED) is 0.172. The molecule has 0 atom stereocenters. The fourth-order valence-corrected chi connectivity index (χ4v) is 8.05. The van der Waals surface area contributed by atoms with Crippen molar-refractivity contribution in [3.8, 4) is 44.5 Å². The molecule has 0 unspecified atom stereocenters. The zero-order valence-electron chi connectivity index (χ0n) is 67.4. The van der Waals surface area contributed by atoms with Gasteiger partial charge in [-0.3, -0.25) is 0 Å². The van der Waals surface area contributed by atoms with E-state index in [9.17, 15) is 26.0 Å². The van der Waals surface area contributed by atoms with Crippen LogP contribution in [0.4, 0.5) is 17.1 Å². The lowest BCUT2D eigenvalue weighted by molar-refractivity contribution is 0.673. The van der Waals surface area contributed by atoms with E-state index >= 15 is 0 Å². The first-order chi connectivity index (χ1) is 45.7. The van der Waals surface area contributed by atoms with Crippen molar-refractivity contribution in [2.75, 3.05) is 4.90 Å². The van der Waals surface area contributed by atoms with Crippen molar-refractivity contribution in [3.05, 3.63) is 246 Å². The van der Waals surface area contributed by atoms with Crippen LogP contribution in [0.5, 0.6) is 0 Å². The monoisotopic (exact) mass is 813 g/mol. The maximum Gasteiger partial charge on any atom is 0.143 e. The second-order valence-corrected chi connectivity index (χ2v) is 13.5. The van der Waals surface area contributed by atoms with Crippen LogP contribution in [0.1, 0.15) is 73.0 Å². The third kappa shape index (κ3) is 4.85. The van der Waals surface area contributed by atoms with Crippen molar-refractivity contribution in [2.45, 2.75) is 5.41 Å². The number of nitrogens with zero attached hydrogens (tertiary/aromatic N) is 1. The minimum absolute atomic E-state index is 0.290. The summed E-state index contributed by atoms with van der Waals surface area (Å²) in [6.45, 7) is 0. The molecular formula is C59H37NO. The summed E-state index contributed by atoms with van der Waals surface area (Å²) in [5, 5.41) is -2.88. The van der Waals surface area contributed by atoms with Gasteiger partial charge in [0.1, 0.15) is 11.2 Å². The van der Waals surface area contributed by atoms with Gasteiger partial charge in [-0.1, -0.05) is 175 Å². The smallest absolute Gasteiger partial charge is 0.143 e. The molecule has 13 rings (SSSR count). The van der Waals surface area contributed by atoms with Gasteiger partial charge < -0.3 is 9.32 Å². The number of rotatable bonds is 5. The van der Waals surface area contributed by atoms with Gasteiger partial charge in [0.2, 0.25) is 0 Å². The molecule has 0 saturated heterocycles. The largest absolute Gasteiger partial charge is 0.455 e. The fraction of sp³-hybridized carbons (Fsp3) is 0.0169. The van der Waals surface area contributed by atoms with E-state index in [1.54, 1.807) is 0 Å². The van der Waals surface area contributed by atoms with E-state index in [1.807, 2.05) is 0 Å². The predicted octanol–water partition coefficient (Wildman–Crippen LogP) is 15.9. The van der Waals surface area contributed by atoms with E-state index in [4.69, 9.17) is 29.1 Å². The highest BCUT2D eigenvalue weighted by Gasteiger charge is 2.51. The van der Waals surface area contributed by atoms with E-state index in [0.29, 0.717) is 0 Å². The van der Waals surface area contributed by atoms with Crippen LogP contribution in [-0.2, 0) is 5.41 Å². The molecule has 2 nitrogen and oxygen atoms in total. The van der Waals surface area contributed by atoms with Gasteiger partial charge in [0.25, 0.3) is 0 Å². The molecule has 1 aromatic heterocycles. The number of fused-ring (bicyclic) bond motifs is 15. The van der Waals surface area contributed by atoms with E-state index in [-0.39, 0.29) is 4.90 Å². The van der Waals surface area contributed by atoms with Gasteiger partial charge in [-0.15, -0.1) is 0 Å². The van der Waals surface area contributed by atoms with Crippen LogP contribution in [0.25, 0.3) is 77.2 Å². The average Bonchev–Trinajstić information content (AvgIpc) is 1.47. The molecule has 10 aromatic carbocycles. The molecule has 2 aliphatic rings. The third-order valence-electron chi connectivity index (χ3n) is 10.5. The van der Waals surface area contributed by atoms with E-state index in [0.717, 1.165) is 0 Å². The molecule has 0 bridgehead atoms.